The summed E-state index contributed by atoms with van der Waals surface area (Å²) in [5.41, 5.74) is 5.86. The molecule has 1 aliphatic heterocycles. The molecule has 0 radical (unpaired) electrons. The maximum absolute atomic E-state index is 14.2. The number of carbonyl (C=O) groups is 2. The van der Waals surface area contributed by atoms with Crippen LogP contribution in [0.4, 0.5) is 0 Å². The van der Waals surface area contributed by atoms with E-state index in [2.05, 4.69) is 0 Å². The van der Waals surface area contributed by atoms with Gasteiger partial charge < -0.3 is 18.9 Å². The summed E-state index contributed by atoms with van der Waals surface area (Å²) >= 11 is 0. The lowest BCUT2D eigenvalue weighted by Gasteiger charge is -2.36. The highest BCUT2D eigenvalue weighted by Gasteiger charge is 2.45. The SMILES string of the molecule is COc1ccc([C@H]2CC(=O)C3=C(C2)N=C(C)C(C(=O)OCCc2ccccc2)[C@@H]3c2cccc(OCc3ccccc3)c2)cc1OC. The second kappa shape index (κ2) is 14.5. The molecule has 0 amide bonds. The molecule has 0 aromatic heterocycles. The fraction of sp³-hybridized carbons (Fsp3) is 0.275. The van der Waals surface area contributed by atoms with Crippen molar-refractivity contribution < 1.29 is 28.5 Å². The Hall–Kier alpha value is -5.17. The molecule has 0 spiro atoms. The number of hydrogen-bond donors (Lipinski definition) is 0. The first kappa shape index (κ1) is 31.8. The molecule has 0 bridgehead atoms. The van der Waals surface area contributed by atoms with Crippen molar-refractivity contribution in [1.82, 2.24) is 0 Å². The van der Waals surface area contributed by atoms with Crippen LogP contribution in [-0.4, -0.2) is 38.3 Å². The maximum Gasteiger partial charge on any atom is 0.315 e. The predicted octanol–water partition coefficient (Wildman–Crippen LogP) is 7.64. The molecule has 7 nitrogen and oxygen atoms in total. The third-order valence-electron chi connectivity index (χ3n) is 8.96. The molecule has 3 atom stereocenters. The van der Waals surface area contributed by atoms with Gasteiger partial charge in [0.25, 0.3) is 0 Å². The van der Waals surface area contributed by atoms with E-state index < -0.39 is 11.8 Å². The first-order chi connectivity index (χ1) is 22.9. The number of benzene rings is 4. The van der Waals surface area contributed by atoms with Crippen LogP contribution in [0.15, 0.2) is 119 Å². The summed E-state index contributed by atoms with van der Waals surface area (Å²) in [6, 6.07) is 33.3. The monoisotopic (exact) mass is 629 g/mol. The number of nitrogens with zero attached hydrogens (tertiary/aromatic N) is 1. The molecule has 4 aromatic carbocycles. The molecule has 4 aromatic rings. The van der Waals surface area contributed by atoms with Gasteiger partial charge in [0.15, 0.2) is 17.3 Å². The molecule has 1 heterocycles. The van der Waals surface area contributed by atoms with Crippen LogP contribution in [0.2, 0.25) is 0 Å². The van der Waals surface area contributed by atoms with Crippen molar-refractivity contribution in [3.63, 3.8) is 0 Å². The number of ether oxygens (including phenoxy) is 4. The molecule has 7 heteroatoms. The molecule has 0 saturated heterocycles. The molecule has 0 fully saturated rings. The third-order valence-corrected chi connectivity index (χ3v) is 8.96. The molecule has 2 aliphatic rings. The van der Waals surface area contributed by atoms with Gasteiger partial charge >= 0.3 is 5.97 Å². The minimum absolute atomic E-state index is 0.0232. The highest BCUT2D eigenvalue weighted by Crippen LogP contribution is 2.48. The second-order valence-electron chi connectivity index (χ2n) is 12.0. The average Bonchev–Trinajstić information content (AvgIpc) is 3.10. The van der Waals surface area contributed by atoms with Crippen LogP contribution in [-0.2, 0) is 27.4 Å². The van der Waals surface area contributed by atoms with E-state index in [1.165, 1.54) is 0 Å². The number of allylic oxidation sites excluding steroid dienone is 2. The quantitative estimate of drug-likeness (QED) is 0.159. The lowest BCUT2D eigenvalue weighted by atomic mass is 9.69. The van der Waals surface area contributed by atoms with Crippen LogP contribution in [0, 0.1) is 5.92 Å². The van der Waals surface area contributed by atoms with E-state index in [4.69, 9.17) is 23.9 Å². The van der Waals surface area contributed by atoms with Crippen molar-refractivity contribution in [3.8, 4) is 17.2 Å². The Kier molecular flexibility index (Phi) is 9.81. The van der Waals surface area contributed by atoms with Gasteiger partial charge in [-0.1, -0.05) is 78.9 Å². The van der Waals surface area contributed by atoms with E-state index in [9.17, 15) is 9.59 Å². The summed E-state index contributed by atoms with van der Waals surface area (Å²) in [6.07, 6.45) is 1.45. The lowest BCUT2D eigenvalue weighted by molar-refractivity contribution is -0.146. The van der Waals surface area contributed by atoms with Gasteiger partial charge in [0.05, 0.1) is 20.8 Å². The van der Waals surface area contributed by atoms with Crippen molar-refractivity contribution in [2.24, 2.45) is 10.9 Å². The van der Waals surface area contributed by atoms with Gasteiger partial charge in [-0.25, -0.2) is 0 Å². The van der Waals surface area contributed by atoms with E-state index >= 15 is 0 Å². The Morgan fingerprint density at radius 1 is 0.787 bits per heavy atom. The Morgan fingerprint density at radius 2 is 1.51 bits per heavy atom. The second-order valence-corrected chi connectivity index (χ2v) is 12.0. The molecule has 0 N–H and O–H groups in total. The van der Waals surface area contributed by atoms with E-state index in [-0.39, 0.29) is 24.3 Å². The summed E-state index contributed by atoms with van der Waals surface area (Å²) < 4.78 is 23.0. The van der Waals surface area contributed by atoms with Crippen LogP contribution in [0.1, 0.15) is 53.9 Å². The number of aliphatic imine (C=N–C) groups is 1. The molecule has 1 aliphatic carbocycles. The molecule has 6 rings (SSSR count). The number of rotatable bonds is 11. The highest BCUT2D eigenvalue weighted by atomic mass is 16.5. The van der Waals surface area contributed by atoms with E-state index in [1.54, 1.807) is 14.2 Å². The number of carbonyl (C=O) groups excluding carboxylic acids is 2. The first-order valence-electron chi connectivity index (χ1n) is 16.0. The Bertz CT molecular complexity index is 1800. The Balaban J connectivity index is 1.32. The molecule has 0 saturated carbocycles. The van der Waals surface area contributed by atoms with Gasteiger partial charge in [0, 0.05) is 35.7 Å². The Labute approximate surface area is 275 Å². The zero-order chi connectivity index (χ0) is 32.8. The van der Waals surface area contributed by atoms with Gasteiger partial charge in [-0.3, -0.25) is 14.6 Å². The molecule has 240 valence electrons. The number of methoxy groups -OCH3 is 2. The highest BCUT2D eigenvalue weighted by molar-refractivity contribution is 6.09. The van der Waals surface area contributed by atoms with Crippen LogP contribution in [0.25, 0.3) is 0 Å². The molecular weight excluding hydrogens is 590 g/mol. The summed E-state index contributed by atoms with van der Waals surface area (Å²) in [5, 5.41) is 0. The van der Waals surface area contributed by atoms with E-state index in [0.717, 1.165) is 22.3 Å². The molecular formula is C40H39NO6. The summed E-state index contributed by atoms with van der Waals surface area (Å²) in [6.45, 7) is 2.50. The number of Topliss-reactive ketones (excluding diaryl/α,β-unsaturated/α-hetero) is 1. The summed E-state index contributed by atoms with van der Waals surface area (Å²) in [4.78, 5) is 33.0. The number of esters is 1. The van der Waals surface area contributed by atoms with E-state index in [0.29, 0.717) is 60.1 Å². The normalized spacial score (nSPS) is 19.0. The van der Waals surface area contributed by atoms with Crippen LogP contribution in [0.5, 0.6) is 17.2 Å². The van der Waals surface area contributed by atoms with Gasteiger partial charge in [-0.15, -0.1) is 0 Å². The maximum atomic E-state index is 14.2. The van der Waals surface area contributed by atoms with Gasteiger partial charge in [0.2, 0.25) is 0 Å². The zero-order valence-corrected chi connectivity index (χ0v) is 27.0. The molecule has 1 unspecified atom stereocenters. The number of ketones is 1. The van der Waals surface area contributed by atoms with Gasteiger partial charge in [-0.2, -0.15) is 0 Å². The minimum Gasteiger partial charge on any atom is -0.493 e. The van der Waals surface area contributed by atoms with Crippen molar-refractivity contribution in [1.29, 1.82) is 0 Å². The van der Waals surface area contributed by atoms with Crippen molar-refractivity contribution in [2.75, 3.05) is 20.8 Å². The minimum atomic E-state index is -0.740. The first-order valence-corrected chi connectivity index (χ1v) is 16.0. The van der Waals surface area contributed by atoms with Crippen LogP contribution < -0.4 is 14.2 Å². The fourth-order valence-electron chi connectivity index (χ4n) is 6.61. The smallest absolute Gasteiger partial charge is 0.315 e. The third kappa shape index (κ3) is 7.14. The Morgan fingerprint density at radius 3 is 2.23 bits per heavy atom. The van der Waals surface area contributed by atoms with Gasteiger partial charge in [-0.05, 0) is 65.8 Å². The van der Waals surface area contributed by atoms with Crippen LogP contribution in [0.3, 0.4) is 0 Å². The van der Waals surface area contributed by atoms with Crippen molar-refractivity contribution in [3.05, 3.63) is 137 Å². The standard InChI is InChI=1S/C40H39NO6/c1-26-37(40(43)46-20-19-27-11-6-4-7-12-27)38(30-15-10-16-32(21-30)47-25-28-13-8-5-9-14-28)39-33(41-26)22-31(23-34(39)42)29-17-18-35(44-2)36(24-29)45-3/h4-18,21,24,31,37-38H,19-20,22-23,25H2,1-3H3/t31-,37?,38+/m1/s1. The lowest BCUT2D eigenvalue weighted by Crippen LogP contribution is -2.38. The van der Waals surface area contributed by atoms with Crippen LogP contribution >= 0.6 is 0 Å². The predicted molar refractivity (Wildman–Crippen MR) is 181 cm³/mol. The topological polar surface area (TPSA) is 83.4 Å². The largest absolute Gasteiger partial charge is 0.493 e. The van der Waals surface area contributed by atoms with Crippen molar-refractivity contribution in [2.45, 2.75) is 44.6 Å². The van der Waals surface area contributed by atoms with Gasteiger partial charge in [0.1, 0.15) is 18.3 Å². The zero-order valence-electron chi connectivity index (χ0n) is 27.0. The average molecular weight is 630 g/mol. The summed E-state index contributed by atoms with van der Waals surface area (Å²) in [7, 11) is 3.20. The van der Waals surface area contributed by atoms with E-state index in [1.807, 2.05) is 110 Å². The molecule has 47 heavy (non-hydrogen) atoms. The van der Waals surface area contributed by atoms with Crippen molar-refractivity contribution >= 4 is 17.5 Å². The summed E-state index contributed by atoms with van der Waals surface area (Å²) in [5.74, 6) is 0.122. The fourth-order valence-corrected chi connectivity index (χ4v) is 6.61. The number of hydrogen-bond acceptors (Lipinski definition) is 7.